The van der Waals surface area contributed by atoms with Crippen LogP contribution >= 0.6 is 7.60 Å². The van der Waals surface area contributed by atoms with Crippen LogP contribution in [0, 0.1) is 0 Å². The quantitative estimate of drug-likeness (QED) is 0.548. The Morgan fingerprint density at radius 1 is 1.31 bits per heavy atom. The molecule has 6 heteroatoms. The summed E-state index contributed by atoms with van der Waals surface area (Å²) in [5, 5.41) is 2.94. The van der Waals surface area contributed by atoms with Crippen molar-refractivity contribution in [3.63, 3.8) is 0 Å². The minimum atomic E-state index is -3.06. The first kappa shape index (κ1) is 15.1. The molecule has 1 heterocycles. The van der Waals surface area contributed by atoms with E-state index in [9.17, 15) is 4.57 Å². The molecule has 1 N–H and O–H groups in total. The summed E-state index contributed by atoms with van der Waals surface area (Å²) in [6.45, 7) is 6.30. The van der Waals surface area contributed by atoms with Crippen LogP contribution in [0.4, 0.5) is 0 Å². The van der Waals surface area contributed by atoms with Gasteiger partial charge in [0.25, 0.3) is 0 Å². The summed E-state index contributed by atoms with van der Waals surface area (Å²) in [6, 6.07) is 0. The zero-order chi connectivity index (χ0) is 12.6. The molecule has 0 saturated carbocycles. The Bertz CT molecular complexity index is 302. The van der Waals surface area contributed by atoms with E-state index in [-0.39, 0.29) is 5.54 Å². The molecule has 0 radical (unpaired) electrons. The molecule has 2 atom stereocenters. The van der Waals surface area contributed by atoms with Crippen molar-refractivity contribution >= 4 is 7.60 Å². The predicted octanol–water partition coefficient (Wildman–Crippen LogP) is 2.69. The molecule has 1 aliphatic rings. The molecule has 0 aromatic carbocycles. The zero-order valence-corrected chi connectivity index (χ0v) is 17.3. The van der Waals surface area contributed by atoms with Crippen molar-refractivity contribution in [3.8, 4) is 0 Å². The van der Waals surface area contributed by atoms with E-state index in [1.165, 1.54) is 14.2 Å². The molecule has 1 aliphatic heterocycles. The topological polar surface area (TPSA) is 47.6 Å². The Kier molecular flexibility index (Phi) is 4.69. The third kappa shape index (κ3) is 2.56. The molecular formula is C10H21HgNO3P. The molecule has 0 spiro atoms. The standard InChI is InChI=1S/C10H21NO3P.Hg/c1-9(2)7-6-8-10(3,11-9)15(12,13-4)14-5;/h7,11H,6,8H2,1-5H3;. The number of hydrogen-bond acceptors (Lipinski definition) is 4. The van der Waals surface area contributed by atoms with Crippen molar-refractivity contribution in [2.24, 2.45) is 0 Å². The Balaban J connectivity index is 3.00. The van der Waals surface area contributed by atoms with Gasteiger partial charge < -0.3 is 0 Å². The maximum atomic E-state index is 12.5. The van der Waals surface area contributed by atoms with Crippen LogP contribution in [0.3, 0.4) is 0 Å². The first-order chi connectivity index (χ1) is 7.21. The van der Waals surface area contributed by atoms with E-state index < -0.39 is 12.9 Å². The van der Waals surface area contributed by atoms with Crippen molar-refractivity contribution in [2.45, 2.75) is 47.9 Å². The number of hydrogen-bond donors (Lipinski definition) is 1. The number of piperidine rings is 1. The fraction of sp³-hybridized carbons (Fsp3) is 1.00. The van der Waals surface area contributed by atoms with Gasteiger partial charge in [-0.1, -0.05) is 0 Å². The van der Waals surface area contributed by atoms with Gasteiger partial charge in [-0.2, -0.15) is 0 Å². The first-order valence-corrected chi connectivity index (χ1v) is 10.3. The van der Waals surface area contributed by atoms with E-state index in [0.717, 1.165) is 42.4 Å². The van der Waals surface area contributed by atoms with Gasteiger partial charge in [-0.25, -0.2) is 0 Å². The summed E-state index contributed by atoms with van der Waals surface area (Å²) in [6.07, 6.45) is 1.96. The molecule has 4 nitrogen and oxygen atoms in total. The van der Waals surface area contributed by atoms with Crippen molar-refractivity contribution < 1.29 is 39.7 Å². The summed E-state index contributed by atoms with van der Waals surface area (Å²) >= 11 is 0.720. The Hall–Kier alpha value is 1.05. The van der Waals surface area contributed by atoms with E-state index in [2.05, 4.69) is 19.2 Å². The van der Waals surface area contributed by atoms with Gasteiger partial charge in [-0.3, -0.25) is 0 Å². The van der Waals surface area contributed by atoms with Crippen LogP contribution in [0.2, 0.25) is 3.43 Å². The fourth-order valence-electron chi connectivity index (χ4n) is 2.36. The van der Waals surface area contributed by atoms with Gasteiger partial charge in [0, 0.05) is 0 Å². The molecule has 16 heavy (non-hydrogen) atoms. The van der Waals surface area contributed by atoms with E-state index in [0.29, 0.717) is 0 Å². The normalized spacial score (nSPS) is 35.1. The molecule has 2 unspecified atom stereocenters. The molecule has 0 amide bonds. The van der Waals surface area contributed by atoms with Crippen LogP contribution < -0.4 is 5.32 Å². The molecule has 0 aromatic rings. The van der Waals surface area contributed by atoms with Crippen LogP contribution in [0.25, 0.3) is 0 Å². The minimum absolute atomic E-state index is 0.0306. The third-order valence-electron chi connectivity index (χ3n) is 3.68. The van der Waals surface area contributed by atoms with Crippen LogP contribution in [-0.2, 0) is 39.7 Å². The van der Waals surface area contributed by atoms with Crippen molar-refractivity contribution in [1.82, 2.24) is 5.32 Å². The number of nitrogens with one attached hydrogen (secondary N) is 1. The predicted molar refractivity (Wildman–Crippen MR) is 60.2 cm³/mol. The second kappa shape index (κ2) is 4.97. The summed E-state index contributed by atoms with van der Waals surface area (Å²) < 4.78 is 23.6. The van der Waals surface area contributed by atoms with Gasteiger partial charge >= 0.3 is 115 Å². The van der Waals surface area contributed by atoms with Crippen LogP contribution in [0.5, 0.6) is 0 Å². The van der Waals surface area contributed by atoms with E-state index in [1.807, 2.05) is 6.92 Å². The van der Waals surface area contributed by atoms with E-state index >= 15 is 0 Å². The van der Waals surface area contributed by atoms with Gasteiger partial charge in [0.1, 0.15) is 0 Å². The molecule has 1 saturated heterocycles. The average molecular weight is 435 g/mol. The van der Waals surface area contributed by atoms with Gasteiger partial charge in [0.05, 0.1) is 0 Å². The third-order valence-corrected chi connectivity index (χ3v) is 11.7. The van der Waals surface area contributed by atoms with Crippen molar-refractivity contribution in [3.05, 3.63) is 0 Å². The van der Waals surface area contributed by atoms with Crippen molar-refractivity contribution in [2.75, 3.05) is 14.2 Å². The summed E-state index contributed by atoms with van der Waals surface area (Å²) in [7, 11) is -0.147. The Morgan fingerprint density at radius 3 is 2.19 bits per heavy atom. The average Bonchev–Trinajstić information content (AvgIpc) is 2.22. The molecular weight excluding hydrogens is 414 g/mol. The number of rotatable bonds is 3. The summed E-state index contributed by atoms with van der Waals surface area (Å²) in [5.41, 5.74) is 0.0306. The van der Waals surface area contributed by atoms with Crippen LogP contribution in [-0.4, -0.2) is 25.0 Å². The van der Waals surface area contributed by atoms with E-state index in [1.54, 1.807) is 0 Å². The zero-order valence-electron chi connectivity index (χ0n) is 10.9. The SMILES string of the molecule is COP(=O)(OC)C1(C)CC[CH]([Hg])C(C)(C)N1. The van der Waals surface area contributed by atoms with Crippen LogP contribution in [0.15, 0.2) is 0 Å². The first-order valence-electron chi connectivity index (χ1n) is 5.55. The second-order valence-corrected chi connectivity index (χ2v) is 11.8. The summed E-state index contributed by atoms with van der Waals surface area (Å²) in [4.78, 5) is 0. The molecule has 0 bridgehead atoms. The molecule has 1 fully saturated rings. The van der Waals surface area contributed by atoms with Gasteiger partial charge in [-0.15, -0.1) is 0 Å². The van der Waals surface area contributed by atoms with Crippen LogP contribution in [0.1, 0.15) is 33.6 Å². The van der Waals surface area contributed by atoms with Gasteiger partial charge in [0.15, 0.2) is 0 Å². The van der Waals surface area contributed by atoms with E-state index in [4.69, 9.17) is 9.05 Å². The molecule has 0 aliphatic carbocycles. The monoisotopic (exact) mass is 436 g/mol. The maximum absolute atomic E-state index is 12.5. The molecule has 91 valence electrons. The fourth-order valence-corrected chi connectivity index (χ4v) is 5.33. The second-order valence-electron chi connectivity index (χ2n) is 5.22. The van der Waals surface area contributed by atoms with Gasteiger partial charge in [-0.05, 0) is 0 Å². The molecule has 0 aromatic heterocycles. The van der Waals surface area contributed by atoms with Gasteiger partial charge in [0.2, 0.25) is 0 Å². The summed E-state index contributed by atoms with van der Waals surface area (Å²) in [5.74, 6) is 0. The molecule has 1 rings (SSSR count). The Labute approximate surface area is 114 Å². The van der Waals surface area contributed by atoms with Crippen molar-refractivity contribution in [1.29, 1.82) is 0 Å². The Morgan fingerprint density at radius 2 is 1.81 bits per heavy atom.